The molecular weight excluding hydrogens is 512 g/mol. The molecule has 0 bridgehead atoms. The van der Waals surface area contributed by atoms with E-state index in [0.29, 0.717) is 37.2 Å². The number of fused-ring (bicyclic) bond motifs is 2. The molecule has 0 amide bonds. The van der Waals surface area contributed by atoms with E-state index in [1.165, 1.54) is 46.8 Å². The highest BCUT2D eigenvalue weighted by atomic mass is 16.5. The fraction of sp³-hybridized carbons (Fsp3) is 0.364. The van der Waals surface area contributed by atoms with E-state index in [9.17, 15) is 5.11 Å². The number of aryl methyl sites for hydroxylation is 3. The average Bonchev–Trinajstić information content (AvgIpc) is 3.70. The number of nitrogens with zero attached hydrogens (tertiary/aromatic N) is 4. The lowest BCUT2D eigenvalue weighted by Crippen LogP contribution is -2.20. The van der Waals surface area contributed by atoms with Crippen LogP contribution in [0.4, 0.5) is 11.5 Å². The van der Waals surface area contributed by atoms with Gasteiger partial charge in [-0.25, -0.2) is 14.5 Å². The molecule has 0 unspecified atom stereocenters. The Hall–Kier alpha value is -4.17. The number of ether oxygens (including phenoxy) is 1. The number of aromatic nitrogens is 4. The summed E-state index contributed by atoms with van der Waals surface area (Å²) >= 11 is 0. The van der Waals surface area contributed by atoms with Crippen LogP contribution in [0.15, 0.2) is 54.9 Å². The third-order valence-corrected chi connectivity index (χ3v) is 8.04. The summed E-state index contributed by atoms with van der Waals surface area (Å²) in [6.07, 6.45) is 5.42. The van der Waals surface area contributed by atoms with Crippen LogP contribution in [0.1, 0.15) is 72.7 Å². The zero-order chi connectivity index (χ0) is 28.7. The topological polar surface area (TPSA) is 111 Å². The molecule has 0 atom stereocenters. The molecular formula is C33H38N6O2. The SMILES string of the molecule is Cc1cc2c(N)cccc2c(C)c1CNc1cc(OCc2cc3cc(C4CC4)cc(CCC(C)(C)O)n3n2)ncn1. The van der Waals surface area contributed by atoms with E-state index in [0.717, 1.165) is 34.4 Å². The molecule has 8 nitrogen and oxygen atoms in total. The van der Waals surface area contributed by atoms with E-state index in [1.807, 2.05) is 36.6 Å². The molecule has 3 aromatic heterocycles. The third kappa shape index (κ3) is 5.98. The molecule has 5 aromatic rings. The van der Waals surface area contributed by atoms with Crippen molar-refractivity contribution < 1.29 is 9.84 Å². The second-order valence-electron chi connectivity index (χ2n) is 12.0. The summed E-state index contributed by atoms with van der Waals surface area (Å²) in [6.45, 7) is 8.88. The molecule has 1 aliphatic carbocycles. The number of nitrogens with two attached hydrogens (primary N) is 1. The summed E-state index contributed by atoms with van der Waals surface area (Å²) in [5, 5.41) is 20.8. The highest BCUT2D eigenvalue weighted by Crippen LogP contribution is 2.41. The monoisotopic (exact) mass is 550 g/mol. The average molecular weight is 551 g/mol. The van der Waals surface area contributed by atoms with Crippen LogP contribution in [0.3, 0.4) is 0 Å². The molecule has 0 aliphatic heterocycles. The molecule has 212 valence electrons. The first-order valence-electron chi connectivity index (χ1n) is 14.3. The van der Waals surface area contributed by atoms with Crippen LogP contribution in [0, 0.1) is 13.8 Å². The smallest absolute Gasteiger partial charge is 0.218 e. The summed E-state index contributed by atoms with van der Waals surface area (Å²) in [5.74, 6) is 1.82. The van der Waals surface area contributed by atoms with Gasteiger partial charge in [0.15, 0.2) is 0 Å². The number of hydrogen-bond acceptors (Lipinski definition) is 7. The molecule has 1 saturated carbocycles. The van der Waals surface area contributed by atoms with Gasteiger partial charge in [-0.05, 0) is 117 Å². The minimum atomic E-state index is -0.723. The Morgan fingerprint density at radius 2 is 1.90 bits per heavy atom. The summed E-state index contributed by atoms with van der Waals surface area (Å²) in [6, 6.07) is 16.6. The predicted octanol–water partition coefficient (Wildman–Crippen LogP) is 6.25. The van der Waals surface area contributed by atoms with Crippen molar-refractivity contribution in [2.75, 3.05) is 11.1 Å². The maximum Gasteiger partial charge on any atom is 0.218 e. The molecule has 4 N–H and O–H groups in total. The van der Waals surface area contributed by atoms with Gasteiger partial charge in [-0.2, -0.15) is 5.10 Å². The first-order valence-corrected chi connectivity index (χ1v) is 14.3. The quantitative estimate of drug-likeness (QED) is 0.176. The normalized spacial score (nSPS) is 13.7. The highest BCUT2D eigenvalue weighted by Gasteiger charge is 2.25. The Morgan fingerprint density at radius 3 is 2.68 bits per heavy atom. The van der Waals surface area contributed by atoms with Crippen LogP contribution in [0.5, 0.6) is 5.88 Å². The highest BCUT2D eigenvalue weighted by molar-refractivity contribution is 5.96. The van der Waals surface area contributed by atoms with Gasteiger partial charge in [0.05, 0.1) is 11.1 Å². The summed E-state index contributed by atoms with van der Waals surface area (Å²) in [5.41, 5.74) is 14.3. The lowest BCUT2D eigenvalue weighted by atomic mass is 9.95. The van der Waals surface area contributed by atoms with E-state index >= 15 is 0 Å². The first-order chi connectivity index (χ1) is 19.6. The number of benzene rings is 2. The van der Waals surface area contributed by atoms with Crippen LogP contribution >= 0.6 is 0 Å². The van der Waals surface area contributed by atoms with Gasteiger partial charge < -0.3 is 20.9 Å². The second kappa shape index (κ2) is 10.7. The van der Waals surface area contributed by atoms with Crippen molar-refractivity contribution in [3.8, 4) is 5.88 Å². The van der Waals surface area contributed by atoms with Crippen LogP contribution in [-0.2, 0) is 19.6 Å². The lowest BCUT2D eigenvalue weighted by molar-refractivity contribution is 0.0710. The number of anilines is 2. The number of hydrogen-bond donors (Lipinski definition) is 3. The van der Waals surface area contributed by atoms with Gasteiger partial charge in [-0.3, -0.25) is 0 Å². The van der Waals surface area contributed by atoms with Crippen molar-refractivity contribution in [3.05, 3.63) is 88.5 Å². The van der Waals surface area contributed by atoms with Crippen molar-refractivity contribution in [1.82, 2.24) is 19.6 Å². The Kier molecular flexibility index (Phi) is 7.03. The molecule has 0 radical (unpaired) electrons. The number of rotatable bonds is 10. The third-order valence-electron chi connectivity index (χ3n) is 8.04. The van der Waals surface area contributed by atoms with Crippen molar-refractivity contribution >= 4 is 27.8 Å². The zero-order valence-electron chi connectivity index (χ0n) is 24.2. The van der Waals surface area contributed by atoms with Gasteiger partial charge in [-0.15, -0.1) is 0 Å². The predicted molar refractivity (Wildman–Crippen MR) is 163 cm³/mol. The molecule has 6 rings (SSSR count). The molecule has 0 spiro atoms. The van der Waals surface area contributed by atoms with Crippen molar-refractivity contribution in [2.45, 2.75) is 78.0 Å². The van der Waals surface area contributed by atoms with Gasteiger partial charge in [0.2, 0.25) is 5.88 Å². The molecule has 2 aromatic carbocycles. The van der Waals surface area contributed by atoms with Crippen LogP contribution < -0.4 is 15.8 Å². The van der Waals surface area contributed by atoms with Crippen LogP contribution in [-0.4, -0.2) is 30.3 Å². The summed E-state index contributed by atoms with van der Waals surface area (Å²) < 4.78 is 8.05. The zero-order valence-corrected chi connectivity index (χ0v) is 24.2. The van der Waals surface area contributed by atoms with Crippen LogP contribution in [0.25, 0.3) is 16.3 Å². The largest absolute Gasteiger partial charge is 0.471 e. The fourth-order valence-electron chi connectivity index (χ4n) is 5.53. The first kappa shape index (κ1) is 27.0. The van der Waals surface area contributed by atoms with Crippen molar-refractivity contribution in [1.29, 1.82) is 0 Å². The van der Waals surface area contributed by atoms with Crippen LogP contribution in [0.2, 0.25) is 0 Å². The molecule has 1 fully saturated rings. The Balaban J connectivity index is 1.16. The number of nitrogens with one attached hydrogen (secondary N) is 1. The maximum absolute atomic E-state index is 10.3. The number of nitrogen functional groups attached to an aromatic ring is 1. The van der Waals surface area contributed by atoms with Gasteiger partial charge in [0, 0.05) is 29.4 Å². The van der Waals surface area contributed by atoms with E-state index in [2.05, 4.69) is 59.5 Å². The fourth-order valence-corrected chi connectivity index (χ4v) is 5.53. The Morgan fingerprint density at radius 1 is 1.07 bits per heavy atom. The van der Waals surface area contributed by atoms with Gasteiger partial charge in [0.1, 0.15) is 24.4 Å². The summed E-state index contributed by atoms with van der Waals surface area (Å²) in [7, 11) is 0. The molecule has 1 aliphatic rings. The lowest BCUT2D eigenvalue weighted by Gasteiger charge is -2.17. The molecule has 0 saturated heterocycles. The summed E-state index contributed by atoms with van der Waals surface area (Å²) in [4.78, 5) is 8.72. The Labute approximate surface area is 240 Å². The second-order valence-corrected chi connectivity index (χ2v) is 12.0. The molecule has 3 heterocycles. The Bertz CT molecular complexity index is 1730. The molecule has 8 heteroatoms. The minimum absolute atomic E-state index is 0.298. The van der Waals surface area contributed by atoms with Crippen molar-refractivity contribution in [2.24, 2.45) is 0 Å². The maximum atomic E-state index is 10.3. The van der Waals surface area contributed by atoms with E-state index in [1.54, 1.807) is 0 Å². The van der Waals surface area contributed by atoms with Gasteiger partial charge in [-0.1, -0.05) is 12.1 Å². The van der Waals surface area contributed by atoms with Gasteiger partial charge in [0.25, 0.3) is 0 Å². The van der Waals surface area contributed by atoms with E-state index in [-0.39, 0.29) is 0 Å². The number of pyridine rings is 1. The van der Waals surface area contributed by atoms with E-state index in [4.69, 9.17) is 15.6 Å². The number of aliphatic hydroxyl groups is 1. The standard InChI is InChI=1S/C33H38N6O2/c1-20-12-28-27(6-5-7-30(28)34)21(2)29(20)17-35-31-16-32(37-19-36-31)41-18-24-15-26-14-23(22-8-9-22)13-25(39(26)38-24)10-11-33(3,4)40/h5-7,12-16,19,22,40H,8-11,17-18,34H2,1-4H3,(H,35,36,37). The molecule has 41 heavy (non-hydrogen) atoms. The van der Waals surface area contributed by atoms with Crippen molar-refractivity contribution in [3.63, 3.8) is 0 Å². The minimum Gasteiger partial charge on any atom is -0.471 e. The van der Waals surface area contributed by atoms with Gasteiger partial charge >= 0.3 is 0 Å². The van der Waals surface area contributed by atoms with E-state index < -0.39 is 5.60 Å².